The van der Waals surface area contributed by atoms with Crippen molar-refractivity contribution in [2.45, 2.75) is 25.2 Å². The number of hydrogen-bond donors (Lipinski definition) is 1. The molecule has 1 aliphatic heterocycles. The van der Waals surface area contributed by atoms with Gasteiger partial charge in [0.1, 0.15) is 0 Å². The van der Waals surface area contributed by atoms with Gasteiger partial charge in [-0.25, -0.2) is 4.89 Å². The van der Waals surface area contributed by atoms with Gasteiger partial charge in [-0.15, -0.1) is 0 Å². The van der Waals surface area contributed by atoms with Gasteiger partial charge in [-0.05, 0) is 11.1 Å². The molecule has 1 fully saturated rings. The van der Waals surface area contributed by atoms with Crippen LogP contribution >= 0.6 is 0 Å². The molecule has 0 aromatic heterocycles. The van der Waals surface area contributed by atoms with Gasteiger partial charge in [0.15, 0.2) is 5.60 Å². The van der Waals surface area contributed by atoms with Gasteiger partial charge in [-0.2, -0.15) is 4.89 Å². The lowest BCUT2D eigenvalue weighted by Crippen LogP contribution is -2.49. The highest BCUT2D eigenvalue weighted by molar-refractivity contribution is 5.42. The number of benzene rings is 3. The summed E-state index contributed by atoms with van der Waals surface area (Å²) in [6.45, 7) is 3.96. The Morgan fingerprint density at radius 2 is 0.962 bits per heavy atom. The summed E-state index contributed by atoms with van der Waals surface area (Å²) in [5, 5.41) is 11.6. The lowest BCUT2D eigenvalue weighted by molar-refractivity contribution is -0.400. The van der Waals surface area contributed by atoms with E-state index in [1.54, 1.807) is 0 Å². The first-order chi connectivity index (χ1) is 12.5. The fourth-order valence-electron chi connectivity index (χ4n) is 3.97. The predicted molar refractivity (Wildman–Crippen MR) is 100.0 cm³/mol. The molecule has 0 saturated carbocycles. The maximum absolute atomic E-state index is 11.6. The average Bonchev–Trinajstić information content (AvgIpc) is 2.92. The van der Waals surface area contributed by atoms with E-state index in [0.29, 0.717) is 5.56 Å². The molecular weight excluding hydrogens is 324 g/mol. The van der Waals surface area contributed by atoms with Crippen LogP contribution in [0.2, 0.25) is 0 Å². The van der Waals surface area contributed by atoms with Crippen LogP contribution in [0, 0.1) is 5.41 Å². The first-order valence-corrected chi connectivity index (χ1v) is 8.78. The van der Waals surface area contributed by atoms with Crippen molar-refractivity contribution in [2.75, 3.05) is 0 Å². The monoisotopic (exact) mass is 346 g/mol. The van der Waals surface area contributed by atoms with Crippen molar-refractivity contribution in [3.05, 3.63) is 108 Å². The van der Waals surface area contributed by atoms with Crippen molar-refractivity contribution in [1.29, 1.82) is 0 Å². The van der Waals surface area contributed by atoms with Crippen LogP contribution in [0.1, 0.15) is 30.5 Å². The lowest BCUT2D eigenvalue weighted by Gasteiger charge is -2.43. The highest BCUT2D eigenvalue weighted by atomic mass is 17.2. The molecule has 0 amide bonds. The molecule has 0 unspecified atom stereocenters. The molecule has 0 bridgehead atoms. The largest absolute Gasteiger partial charge is 0.359 e. The van der Waals surface area contributed by atoms with Crippen molar-refractivity contribution in [2.24, 2.45) is 5.41 Å². The van der Waals surface area contributed by atoms with Gasteiger partial charge in [0.25, 0.3) is 0 Å². The second kappa shape index (κ2) is 6.06. The molecule has 3 heteroatoms. The van der Waals surface area contributed by atoms with Gasteiger partial charge in [0.05, 0.1) is 5.41 Å². The van der Waals surface area contributed by atoms with Crippen LogP contribution in [-0.2, 0) is 21.2 Å². The Labute approximate surface area is 153 Å². The standard InChI is InChI=1S/C23H22O3/c1-21(2)22(18-12-6-3-7-13-18,19-14-8-4-9-15-19)25-26-23(21,24)20-16-10-5-11-17-20/h3-17,24H,1-2H3/t23-/m0/s1. The Bertz CT molecular complexity index is 836. The maximum Gasteiger partial charge on any atom is 0.234 e. The Morgan fingerprint density at radius 3 is 1.38 bits per heavy atom. The number of rotatable bonds is 3. The molecule has 1 atom stereocenters. The van der Waals surface area contributed by atoms with Gasteiger partial charge < -0.3 is 5.11 Å². The van der Waals surface area contributed by atoms with Crippen molar-refractivity contribution < 1.29 is 14.9 Å². The molecule has 1 saturated heterocycles. The fourth-order valence-corrected chi connectivity index (χ4v) is 3.97. The zero-order valence-corrected chi connectivity index (χ0v) is 14.9. The third-order valence-corrected chi connectivity index (χ3v) is 5.54. The summed E-state index contributed by atoms with van der Waals surface area (Å²) in [6, 6.07) is 29.3. The normalized spacial score (nSPS) is 23.7. The highest BCUT2D eigenvalue weighted by Crippen LogP contribution is 2.62. The van der Waals surface area contributed by atoms with E-state index in [0.717, 1.165) is 11.1 Å². The summed E-state index contributed by atoms with van der Waals surface area (Å²) >= 11 is 0. The Kier molecular flexibility index (Phi) is 3.96. The first-order valence-electron chi connectivity index (χ1n) is 8.78. The van der Waals surface area contributed by atoms with E-state index in [9.17, 15) is 5.11 Å². The van der Waals surface area contributed by atoms with Gasteiger partial charge in [-0.1, -0.05) is 105 Å². The number of hydrogen-bond acceptors (Lipinski definition) is 3. The molecule has 0 radical (unpaired) electrons. The molecule has 3 aromatic carbocycles. The second-order valence-corrected chi connectivity index (χ2v) is 7.21. The second-order valence-electron chi connectivity index (χ2n) is 7.21. The SMILES string of the molecule is CC1(C)C(c2ccccc2)(c2ccccc2)OO[C@@]1(O)c1ccccc1. The molecule has 3 aromatic rings. The molecule has 1 N–H and O–H groups in total. The summed E-state index contributed by atoms with van der Waals surface area (Å²) in [6.07, 6.45) is 0. The topological polar surface area (TPSA) is 38.7 Å². The van der Waals surface area contributed by atoms with Crippen LogP contribution < -0.4 is 0 Å². The quantitative estimate of drug-likeness (QED) is 0.695. The van der Waals surface area contributed by atoms with Crippen molar-refractivity contribution in [3.63, 3.8) is 0 Å². The van der Waals surface area contributed by atoms with Crippen molar-refractivity contribution in [3.8, 4) is 0 Å². The van der Waals surface area contributed by atoms with Gasteiger partial charge in [0, 0.05) is 5.56 Å². The minimum absolute atomic E-state index is 0.665. The van der Waals surface area contributed by atoms with E-state index in [1.807, 2.05) is 105 Å². The maximum atomic E-state index is 11.6. The third-order valence-electron chi connectivity index (χ3n) is 5.54. The molecule has 4 rings (SSSR count). The van der Waals surface area contributed by atoms with Gasteiger partial charge in [-0.3, -0.25) is 0 Å². The summed E-state index contributed by atoms with van der Waals surface area (Å²) in [5.41, 5.74) is 0.759. The fraction of sp³-hybridized carbons (Fsp3) is 0.217. The molecule has 26 heavy (non-hydrogen) atoms. The van der Waals surface area contributed by atoms with Gasteiger partial charge in [0.2, 0.25) is 5.79 Å². The zero-order valence-electron chi connectivity index (χ0n) is 14.9. The molecule has 0 spiro atoms. The van der Waals surface area contributed by atoms with Crippen LogP contribution in [0.5, 0.6) is 0 Å². The van der Waals surface area contributed by atoms with E-state index in [2.05, 4.69) is 0 Å². The highest BCUT2D eigenvalue weighted by Gasteiger charge is 2.68. The van der Waals surface area contributed by atoms with E-state index in [1.165, 1.54) is 0 Å². The molecule has 3 nitrogen and oxygen atoms in total. The Hall–Kier alpha value is -2.46. The van der Waals surface area contributed by atoms with Crippen LogP contribution in [0.3, 0.4) is 0 Å². The zero-order chi connectivity index (χ0) is 18.3. The molecule has 1 aliphatic rings. The first kappa shape index (κ1) is 17.0. The molecule has 0 aliphatic carbocycles. The van der Waals surface area contributed by atoms with E-state index < -0.39 is 16.8 Å². The molecular formula is C23H22O3. The Morgan fingerprint density at radius 1 is 0.577 bits per heavy atom. The van der Waals surface area contributed by atoms with Gasteiger partial charge >= 0.3 is 0 Å². The van der Waals surface area contributed by atoms with E-state index in [4.69, 9.17) is 9.78 Å². The van der Waals surface area contributed by atoms with Crippen molar-refractivity contribution >= 4 is 0 Å². The average molecular weight is 346 g/mol. The van der Waals surface area contributed by atoms with E-state index >= 15 is 0 Å². The lowest BCUT2D eigenvalue weighted by atomic mass is 9.62. The molecule has 1 heterocycles. The smallest absolute Gasteiger partial charge is 0.234 e. The van der Waals surface area contributed by atoms with E-state index in [-0.39, 0.29) is 0 Å². The van der Waals surface area contributed by atoms with Crippen LogP contribution in [0.15, 0.2) is 91.0 Å². The predicted octanol–water partition coefficient (Wildman–Crippen LogP) is 4.76. The summed E-state index contributed by atoms with van der Waals surface area (Å²) < 4.78 is 0. The summed E-state index contributed by atoms with van der Waals surface area (Å²) in [5.74, 6) is -1.60. The number of aliphatic hydroxyl groups is 1. The van der Waals surface area contributed by atoms with Crippen LogP contribution in [-0.4, -0.2) is 5.11 Å². The summed E-state index contributed by atoms with van der Waals surface area (Å²) in [4.78, 5) is 11.8. The third kappa shape index (κ3) is 2.18. The minimum atomic E-state index is -1.60. The van der Waals surface area contributed by atoms with Crippen molar-refractivity contribution in [1.82, 2.24) is 0 Å². The van der Waals surface area contributed by atoms with Crippen LogP contribution in [0.4, 0.5) is 0 Å². The minimum Gasteiger partial charge on any atom is -0.359 e. The van der Waals surface area contributed by atoms with Crippen LogP contribution in [0.25, 0.3) is 0 Å². The Balaban J connectivity index is 1.97. The summed E-state index contributed by atoms with van der Waals surface area (Å²) in [7, 11) is 0. The molecule has 132 valence electrons.